The first-order valence-corrected chi connectivity index (χ1v) is 7.60. The summed E-state index contributed by atoms with van der Waals surface area (Å²) in [6, 6.07) is 5.35. The second-order valence-electron chi connectivity index (χ2n) is 6.34. The average Bonchev–Trinajstić information content (AvgIpc) is 2.80. The van der Waals surface area contributed by atoms with Crippen LogP contribution in [0.1, 0.15) is 61.6 Å². The minimum atomic E-state index is -0.549. The van der Waals surface area contributed by atoms with Crippen LogP contribution in [0, 0.1) is 0 Å². The number of nitrogens with one attached hydrogen (secondary N) is 1. The van der Waals surface area contributed by atoms with Crippen molar-refractivity contribution in [3.8, 4) is 0 Å². The van der Waals surface area contributed by atoms with Crippen molar-refractivity contribution in [3.63, 3.8) is 0 Å². The van der Waals surface area contributed by atoms with Crippen molar-refractivity contribution < 1.29 is 19.1 Å². The van der Waals surface area contributed by atoms with Crippen molar-refractivity contribution in [1.29, 1.82) is 0 Å². The molecule has 5 nitrogen and oxygen atoms in total. The first kappa shape index (κ1) is 16.3. The Bertz CT molecular complexity index is 575. The zero-order chi connectivity index (χ0) is 16.3. The molecule has 120 valence electrons. The van der Waals surface area contributed by atoms with Crippen LogP contribution < -0.4 is 5.32 Å². The van der Waals surface area contributed by atoms with E-state index in [1.807, 2.05) is 32.9 Å². The summed E-state index contributed by atoms with van der Waals surface area (Å²) in [7, 11) is 0. The summed E-state index contributed by atoms with van der Waals surface area (Å²) in [4.78, 5) is 24.1. The molecule has 1 unspecified atom stereocenters. The number of alkyl carbamates (subject to hydrolysis) is 1. The van der Waals surface area contributed by atoms with Gasteiger partial charge in [-0.15, -0.1) is 0 Å². The van der Waals surface area contributed by atoms with Crippen LogP contribution in [0.4, 0.5) is 4.79 Å². The highest BCUT2D eigenvalue weighted by Crippen LogP contribution is 2.34. The third-order valence-electron chi connectivity index (χ3n) is 3.43. The van der Waals surface area contributed by atoms with Gasteiger partial charge < -0.3 is 14.8 Å². The molecular weight excluding hydrogens is 282 g/mol. The summed E-state index contributed by atoms with van der Waals surface area (Å²) in [6.07, 6.45) is 1.11. The molecule has 1 aliphatic carbocycles. The fraction of sp³-hybridized carbons (Fsp3) is 0.529. The Morgan fingerprint density at radius 3 is 2.68 bits per heavy atom. The molecule has 0 heterocycles. The maximum atomic E-state index is 12.1. The first-order chi connectivity index (χ1) is 10.3. The third kappa shape index (κ3) is 3.78. The zero-order valence-corrected chi connectivity index (χ0v) is 13.6. The zero-order valence-electron chi connectivity index (χ0n) is 13.6. The largest absolute Gasteiger partial charge is 0.462 e. The van der Waals surface area contributed by atoms with Crippen LogP contribution in [0.15, 0.2) is 18.2 Å². The molecule has 0 spiro atoms. The smallest absolute Gasteiger partial charge is 0.408 e. The molecule has 5 heteroatoms. The predicted molar refractivity (Wildman–Crippen MR) is 82.8 cm³/mol. The second-order valence-corrected chi connectivity index (χ2v) is 6.34. The number of fused-ring (bicyclic) bond motifs is 1. The number of esters is 1. The Kier molecular flexibility index (Phi) is 4.74. The second kappa shape index (κ2) is 6.38. The SMILES string of the molecule is CCOC(=O)c1cccc2c1C(NC(=O)OC(C)(C)C)CC2. The molecule has 2 rings (SSSR count). The van der Waals surface area contributed by atoms with E-state index in [4.69, 9.17) is 9.47 Å². The van der Waals surface area contributed by atoms with Gasteiger partial charge in [0.05, 0.1) is 18.2 Å². The molecule has 1 N–H and O–H groups in total. The summed E-state index contributed by atoms with van der Waals surface area (Å²) in [5.41, 5.74) is 1.91. The normalized spacial score (nSPS) is 16.8. The molecule has 1 amide bonds. The van der Waals surface area contributed by atoms with Crippen molar-refractivity contribution in [2.45, 2.75) is 52.2 Å². The van der Waals surface area contributed by atoms with Crippen molar-refractivity contribution in [3.05, 3.63) is 34.9 Å². The number of carbonyl (C=O) groups excluding carboxylic acids is 2. The van der Waals surface area contributed by atoms with E-state index in [0.29, 0.717) is 12.2 Å². The van der Waals surface area contributed by atoms with Crippen LogP contribution in [0.3, 0.4) is 0 Å². The highest BCUT2D eigenvalue weighted by Gasteiger charge is 2.30. The fourth-order valence-corrected chi connectivity index (χ4v) is 2.67. The lowest BCUT2D eigenvalue weighted by Crippen LogP contribution is -2.34. The quantitative estimate of drug-likeness (QED) is 0.870. The molecule has 22 heavy (non-hydrogen) atoms. The van der Waals surface area contributed by atoms with Crippen LogP contribution in [-0.4, -0.2) is 24.3 Å². The Balaban J connectivity index is 2.20. The molecule has 0 saturated carbocycles. The molecule has 1 aromatic carbocycles. The van der Waals surface area contributed by atoms with E-state index in [9.17, 15) is 9.59 Å². The van der Waals surface area contributed by atoms with E-state index in [-0.39, 0.29) is 12.0 Å². The highest BCUT2D eigenvalue weighted by molar-refractivity contribution is 5.92. The van der Waals surface area contributed by atoms with E-state index in [1.165, 1.54) is 0 Å². The van der Waals surface area contributed by atoms with Crippen molar-refractivity contribution in [1.82, 2.24) is 5.32 Å². The minimum absolute atomic E-state index is 0.217. The van der Waals surface area contributed by atoms with E-state index < -0.39 is 11.7 Å². The topological polar surface area (TPSA) is 64.6 Å². The molecule has 0 fully saturated rings. The minimum Gasteiger partial charge on any atom is -0.462 e. The molecule has 0 saturated heterocycles. The molecule has 1 atom stereocenters. The lowest BCUT2D eigenvalue weighted by atomic mass is 10.0. The van der Waals surface area contributed by atoms with Gasteiger partial charge in [0, 0.05) is 0 Å². The Morgan fingerprint density at radius 1 is 1.32 bits per heavy atom. The fourth-order valence-electron chi connectivity index (χ4n) is 2.67. The van der Waals surface area contributed by atoms with Gasteiger partial charge >= 0.3 is 12.1 Å². The monoisotopic (exact) mass is 305 g/mol. The first-order valence-electron chi connectivity index (χ1n) is 7.60. The van der Waals surface area contributed by atoms with E-state index in [2.05, 4.69) is 5.32 Å². The standard InChI is InChI=1S/C17H23NO4/c1-5-21-15(19)12-8-6-7-11-9-10-13(14(11)12)18-16(20)22-17(2,3)4/h6-8,13H,5,9-10H2,1-4H3,(H,18,20). The molecule has 0 radical (unpaired) electrons. The van der Waals surface area contributed by atoms with Gasteiger partial charge in [0.15, 0.2) is 0 Å². The maximum Gasteiger partial charge on any atom is 0.408 e. The van der Waals surface area contributed by atoms with Gasteiger partial charge in [-0.1, -0.05) is 12.1 Å². The van der Waals surface area contributed by atoms with Crippen LogP contribution in [0.25, 0.3) is 0 Å². The van der Waals surface area contributed by atoms with Gasteiger partial charge in [-0.2, -0.15) is 0 Å². The molecule has 0 bridgehead atoms. The number of rotatable bonds is 3. The number of carbonyl (C=O) groups is 2. The van der Waals surface area contributed by atoms with E-state index in [0.717, 1.165) is 24.0 Å². The number of hydrogen-bond donors (Lipinski definition) is 1. The van der Waals surface area contributed by atoms with Crippen LogP contribution in [0.5, 0.6) is 0 Å². The maximum absolute atomic E-state index is 12.1. The van der Waals surface area contributed by atoms with Gasteiger partial charge in [-0.25, -0.2) is 9.59 Å². The van der Waals surface area contributed by atoms with Crippen LogP contribution in [0.2, 0.25) is 0 Å². The van der Waals surface area contributed by atoms with E-state index >= 15 is 0 Å². The highest BCUT2D eigenvalue weighted by atomic mass is 16.6. The Labute approximate surface area is 131 Å². The number of hydrogen-bond acceptors (Lipinski definition) is 4. The number of benzene rings is 1. The summed E-state index contributed by atoms with van der Waals surface area (Å²) < 4.78 is 10.4. The van der Waals surface area contributed by atoms with E-state index in [1.54, 1.807) is 13.0 Å². The molecule has 0 aromatic heterocycles. The molecular formula is C17H23NO4. The van der Waals surface area contributed by atoms with Crippen LogP contribution >= 0.6 is 0 Å². The van der Waals surface area contributed by atoms with Gasteiger partial charge in [-0.3, -0.25) is 0 Å². The Morgan fingerprint density at radius 2 is 2.05 bits per heavy atom. The number of aryl methyl sites for hydroxylation is 1. The average molecular weight is 305 g/mol. The molecule has 1 aliphatic rings. The lowest BCUT2D eigenvalue weighted by Gasteiger charge is -2.22. The van der Waals surface area contributed by atoms with Gasteiger partial charge in [0.1, 0.15) is 5.60 Å². The van der Waals surface area contributed by atoms with Crippen LogP contribution in [-0.2, 0) is 15.9 Å². The molecule has 0 aliphatic heterocycles. The summed E-state index contributed by atoms with van der Waals surface area (Å²) >= 11 is 0. The van der Waals surface area contributed by atoms with Crippen molar-refractivity contribution >= 4 is 12.1 Å². The van der Waals surface area contributed by atoms with Gasteiger partial charge in [0.2, 0.25) is 0 Å². The van der Waals surface area contributed by atoms with Crippen molar-refractivity contribution in [2.75, 3.05) is 6.61 Å². The lowest BCUT2D eigenvalue weighted by molar-refractivity contribution is 0.0487. The third-order valence-corrected chi connectivity index (χ3v) is 3.43. The summed E-state index contributed by atoms with van der Waals surface area (Å²) in [6.45, 7) is 7.56. The molecule has 1 aromatic rings. The summed E-state index contributed by atoms with van der Waals surface area (Å²) in [5.74, 6) is -0.350. The van der Waals surface area contributed by atoms with Crippen molar-refractivity contribution in [2.24, 2.45) is 0 Å². The predicted octanol–water partition coefficient (Wildman–Crippen LogP) is 3.38. The van der Waals surface area contributed by atoms with Gasteiger partial charge in [-0.05, 0) is 57.7 Å². The number of amides is 1. The summed E-state index contributed by atoms with van der Waals surface area (Å²) in [5, 5.41) is 2.86. The number of ether oxygens (including phenoxy) is 2. The Hall–Kier alpha value is -2.04. The van der Waals surface area contributed by atoms with Gasteiger partial charge in [0.25, 0.3) is 0 Å².